The predicted molar refractivity (Wildman–Crippen MR) is 131 cm³/mol. The summed E-state index contributed by atoms with van der Waals surface area (Å²) >= 11 is 0. The highest BCUT2D eigenvalue weighted by atomic mass is 16.7. The molecule has 0 aliphatic heterocycles. The summed E-state index contributed by atoms with van der Waals surface area (Å²) in [5, 5.41) is 0. The monoisotopic (exact) mass is 437 g/mol. The quantitative estimate of drug-likeness (QED) is 0.0710. The smallest absolute Gasteiger partial charge is 0.305 e. The summed E-state index contributed by atoms with van der Waals surface area (Å²) in [5.74, 6) is -0.168. The average Bonchev–Trinajstić information content (AvgIpc) is 2.77. The molecule has 0 aliphatic carbocycles. The van der Waals surface area contributed by atoms with E-state index in [9.17, 15) is 4.79 Å². The lowest BCUT2D eigenvalue weighted by Gasteiger charge is -2.18. The highest BCUT2D eigenvalue weighted by Gasteiger charge is 2.13. The number of rotatable bonds is 23. The van der Waals surface area contributed by atoms with Crippen molar-refractivity contribution in [2.75, 3.05) is 19.8 Å². The molecule has 0 spiro atoms. The molecule has 31 heavy (non-hydrogen) atoms. The number of unbranched alkanes of at least 4 members (excludes halogenated alkanes) is 8. The first-order chi connectivity index (χ1) is 15.2. The van der Waals surface area contributed by atoms with Gasteiger partial charge in [-0.1, -0.05) is 64.3 Å². The Morgan fingerprint density at radius 1 is 0.742 bits per heavy atom. The molecule has 1 radical (unpaired) electrons. The number of ether oxygens (including phenoxy) is 3. The Balaban J connectivity index is 4.07. The van der Waals surface area contributed by atoms with Gasteiger partial charge in [-0.05, 0) is 64.2 Å². The molecule has 0 N–H and O–H groups in total. The van der Waals surface area contributed by atoms with Crippen molar-refractivity contribution >= 4 is 5.97 Å². The zero-order valence-electron chi connectivity index (χ0n) is 20.6. The van der Waals surface area contributed by atoms with Gasteiger partial charge in [0.15, 0.2) is 6.29 Å². The van der Waals surface area contributed by atoms with Crippen LogP contribution in [0.1, 0.15) is 111 Å². The van der Waals surface area contributed by atoms with Gasteiger partial charge in [-0.3, -0.25) is 4.79 Å². The van der Waals surface area contributed by atoms with Gasteiger partial charge in [0.05, 0.1) is 13.0 Å². The standard InChI is InChI=1S/C27H49O4/c1-4-7-10-13-16-19-24-30-27(31-25-20-17-14-11-8-5-2)22-21-26(28)29-23-18-15-12-9-6-3/h7-8,10-11,18,27H,4-6,9,12-17,19-25H2,1-3H3/b10-7-,11-8-. The summed E-state index contributed by atoms with van der Waals surface area (Å²) in [5.41, 5.74) is 0. The van der Waals surface area contributed by atoms with Crippen LogP contribution in [-0.4, -0.2) is 32.1 Å². The molecule has 0 unspecified atom stereocenters. The zero-order valence-corrected chi connectivity index (χ0v) is 20.6. The maximum atomic E-state index is 12.0. The Morgan fingerprint density at radius 2 is 1.32 bits per heavy atom. The Labute approximate surface area is 192 Å². The van der Waals surface area contributed by atoms with E-state index in [1.54, 1.807) is 0 Å². The number of esters is 1. The lowest BCUT2D eigenvalue weighted by molar-refractivity contribution is -0.159. The Morgan fingerprint density at radius 3 is 1.87 bits per heavy atom. The average molecular weight is 438 g/mol. The highest BCUT2D eigenvalue weighted by molar-refractivity contribution is 5.69. The van der Waals surface area contributed by atoms with Gasteiger partial charge in [-0.15, -0.1) is 0 Å². The van der Waals surface area contributed by atoms with Crippen LogP contribution >= 0.6 is 0 Å². The van der Waals surface area contributed by atoms with Crippen molar-refractivity contribution in [3.8, 4) is 0 Å². The summed E-state index contributed by atoms with van der Waals surface area (Å²) in [7, 11) is 0. The molecule has 0 bridgehead atoms. The molecule has 4 nitrogen and oxygen atoms in total. The van der Waals surface area contributed by atoms with E-state index in [0.717, 1.165) is 57.8 Å². The second-order valence-corrected chi connectivity index (χ2v) is 7.93. The first kappa shape index (κ1) is 29.9. The van der Waals surface area contributed by atoms with E-state index in [-0.39, 0.29) is 12.3 Å². The minimum absolute atomic E-state index is 0.168. The number of hydrogen-bond acceptors (Lipinski definition) is 4. The summed E-state index contributed by atoms with van der Waals surface area (Å²) in [6, 6.07) is 0. The molecule has 0 atom stereocenters. The van der Waals surface area contributed by atoms with Crippen LogP contribution in [0.3, 0.4) is 0 Å². The van der Waals surface area contributed by atoms with Gasteiger partial charge >= 0.3 is 5.97 Å². The van der Waals surface area contributed by atoms with Crippen LogP contribution in [0.5, 0.6) is 0 Å². The SMILES string of the molecule is CC/C=C\CCCCOC(CCC(=O)OC[CH]CCCCC)OCCCC/C=C\CC. The lowest BCUT2D eigenvalue weighted by Crippen LogP contribution is -2.21. The Bertz CT molecular complexity index is 407. The fraction of sp³-hybridized carbons (Fsp3) is 0.778. The Hall–Kier alpha value is -1.13. The molecule has 0 fully saturated rings. The molecule has 0 aromatic heterocycles. The number of hydrogen-bond donors (Lipinski definition) is 0. The first-order valence-corrected chi connectivity index (χ1v) is 12.7. The van der Waals surface area contributed by atoms with Crippen molar-refractivity contribution in [2.45, 2.75) is 117 Å². The normalized spacial score (nSPS) is 11.9. The van der Waals surface area contributed by atoms with Crippen molar-refractivity contribution in [1.82, 2.24) is 0 Å². The molecule has 0 rings (SSSR count). The molecule has 0 heterocycles. The van der Waals surface area contributed by atoms with Gasteiger partial charge in [-0.2, -0.15) is 0 Å². The van der Waals surface area contributed by atoms with Crippen LogP contribution in [0.15, 0.2) is 24.3 Å². The van der Waals surface area contributed by atoms with Gasteiger partial charge in [-0.25, -0.2) is 0 Å². The van der Waals surface area contributed by atoms with E-state index in [1.165, 1.54) is 19.3 Å². The largest absolute Gasteiger partial charge is 0.465 e. The molecule has 0 aliphatic rings. The minimum atomic E-state index is -0.321. The van der Waals surface area contributed by atoms with Crippen LogP contribution in [0.4, 0.5) is 0 Å². The molecular weight excluding hydrogens is 388 g/mol. The zero-order chi connectivity index (χ0) is 22.8. The van der Waals surface area contributed by atoms with Gasteiger partial charge in [0.25, 0.3) is 0 Å². The second kappa shape index (κ2) is 25.1. The van der Waals surface area contributed by atoms with Crippen LogP contribution in [-0.2, 0) is 19.0 Å². The first-order valence-electron chi connectivity index (χ1n) is 12.7. The minimum Gasteiger partial charge on any atom is -0.465 e. The third kappa shape index (κ3) is 23.4. The number of allylic oxidation sites excluding steroid dienone is 4. The summed E-state index contributed by atoms with van der Waals surface area (Å²) in [4.78, 5) is 12.0. The van der Waals surface area contributed by atoms with Crippen LogP contribution in [0.25, 0.3) is 0 Å². The Kier molecular flexibility index (Phi) is 24.2. The van der Waals surface area contributed by atoms with E-state index in [0.29, 0.717) is 32.7 Å². The molecule has 0 aromatic carbocycles. The molecule has 0 saturated heterocycles. The fourth-order valence-electron chi connectivity index (χ4n) is 3.02. The third-order valence-electron chi connectivity index (χ3n) is 4.90. The highest BCUT2D eigenvalue weighted by Crippen LogP contribution is 2.10. The molecule has 0 amide bonds. The molecule has 0 aromatic rings. The van der Waals surface area contributed by atoms with Crippen molar-refractivity contribution in [2.24, 2.45) is 0 Å². The summed E-state index contributed by atoms with van der Waals surface area (Å²) in [6.07, 6.45) is 24.7. The van der Waals surface area contributed by atoms with E-state index in [4.69, 9.17) is 14.2 Å². The molecule has 181 valence electrons. The fourth-order valence-corrected chi connectivity index (χ4v) is 3.02. The van der Waals surface area contributed by atoms with Gasteiger partial charge < -0.3 is 14.2 Å². The molecular formula is C27H49O4. The van der Waals surface area contributed by atoms with Crippen molar-refractivity contribution in [1.29, 1.82) is 0 Å². The van der Waals surface area contributed by atoms with E-state index < -0.39 is 0 Å². The van der Waals surface area contributed by atoms with Crippen molar-refractivity contribution in [3.05, 3.63) is 30.7 Å². The predicted octanol–water partition coefficient (Wildman–Crippen LogP) is 7.73. The number of carbonyl (C=O) groups excluding carboxylic acids is 1. The molecule has 0 saturated carbocycles. The van der Waals surface area contributed by atoms with Gasteiger partial charge in [0.1, 0.15) is 0 Å². The maximum Gasteiger partial charge on any atom is 0.305 e. The van der Waals surface area contributed by atoms with E-state index in [1.807, 2.05) is 0 Å². The summed E-state index contributed by atoms with van der Waals surface area (Å²) in [6.45, 7) is 8.24. The van der Waals surface area contributed by atoms with E-state index >= 15 is 0 Å². The molecule has 4 heteroatoms. The second-order valence-electron chi connectivity index (χ2n) is 7.93. The topological polar surface area (TPSA) is 44.8 Å². The lowest BCUT2D eigenvalue weighted by atomic mass is 10.2. The maximum absolute atomic E-state index is 12.0. The summed E-state index contributed by atoms with van der Waals surface area (Å²) < 4.78 is 17.2. The van der Waals surface area contributed by atoms with Crippen LogP contribution < -0.4 is 0 Å². The number of carbonyl (C=O) groups is 1. The van der Waals surface area contributed by atoms with Gasteiger partial charge in [0.2, 0.25) is 0 Å². The van der Waals surface area contributed by atoms with Crippen LogP contribution in [0.2, 0.25) is 0 Å². The van der Waals surface area contributed by atoms with Crippen molar-refractivity contribution < 1.29 is 19.0 Å². The van der Waals surface area contributed by atoms with Gasteiger partial charge in [0, 0.05) is 19.6 Å². The third-order valence-corrected chi connectivity index (χ3v) is 4.90. The van der Waals surface area contributed by atoms with Crippen LogP contribution in [0, 0.1) is 6.42 Å². The van der Waals surface area contributed by atoms with Crippen molar-refractivity contribution in [3.63, 3.8) is 0 Å². The van der Waals surface area contributed by atoms with E-state index in [2.05, 4.69) is 51.5 Å².